The molecular weight excluding hydrogens is 216 g/mol. The highest BCUT2D eigenvalue weighted by molar-refractivity contribution is 5.82. The predicted octanol–water partition coefficient (Wildman–Crippen LogP) is 2.27. The second-order valence-electron chi connectivity index (χ2n) is 3.79. The first-order chi connectivity index (χ1) is 8.15. The van der Waals surface area contributed by atoms with Crippen LogP contribution in [-0.4, -0.2) is 23.8 Å². The molecule has 1 rings (SSSR count). The molecule has 0 fully saturated rings. The minimum absolute atomic E-state index is 0.194. The van der Waals surface area contributed by atoms with Gasteiger partial charge in [-0.05, 0) is 19.4 Å². The molecule has 0 aromatic heterocycles. The van der Waals surface area contributed by atoms with Gasteiger partial charge in [-0.2, -0.15) is 0 Å². The lowest BCUT2D eigenvalue weighted by Gasteiger charge is -2.16. The summed E-state index contributed by atoms with van der Waals surface area (Å²) in [5.41, 5.74) is 0.975. The van der Waals surface area contributed by atoms with Crippen LogP contribution in [0.1, 0.15) is 25.3 Å². The Balaban J connectivity index is 2.78. The number of hydrogen-bond donors (Lipinski definition) is 1. The number of benzene rings is 1. The summed E-state index contributed by atoms with van der Waals surface area (Å²) in [4.78, 5) is 11.2. The lowest BCUT2D eigenvalue weighted by molar-refractivity contribution is -0.137. The minimum Gasteiger partial charge on any atom is -0.463 e. The van der Waals surface area contributed by atoms with Gasteiger partial charge in [0.05, 0.1) is 12.7 Å². The third-order valence-corrected chi connectivity index (χ3v) is 2.43. The molecule has 0 radical (unpaired) electrons. The van der Waals surface area contributed by atoms with E-state index in [9.17, 15) is 9.90 Å². The molecule has 0 saturated heterocycles. The summed E-state index contributed by atoms with van der Waals surface area (Å²) in [7, 11) is 0. The van der Waals surface area contributed by atoms with Crippen molar-refractivity contribution < 1.29 is 14.6 Å². The Morgan fingerprint density at radius 1 is 1.41 bits per heavy atom. The second-order valence-corrected chi connectivity index (χ2v) is 3.79. The lowest BCUT2D eigenvalue weighted by atomic mass is 9.94. The van der Waals surface area contributed by atoms with E-state index in [1.165, 1.54) is 6.08 Å². The first kappa shape index (κ1) is 13.5. The summed E-state index contributed by atoms with van der Waals surface area (Å²) >= 11 is 0. The smallest absolute Gasteiger partial charge is 0.330 e. The van der Waals surface area contributed by atoms with Gasteiger partial charge in [-0.3, -0.25) is 0 Å². The van der Waals surface area contributed by atoms with E-state index in [1.807, 2.05) is 30.3 Å². The largest absolute Gasteiger partial charge is 0.463 e. The van der Waals surface area contributed by atoms with Crippen molar-refractivity contribution in [3.63, 3.8) is 0 Å². The Morgan fingerprint density at radius 2 is 2.06 bits per heavy atom. The van der Waals surface area contributed by atoms with Gasteiger partial charge in [0.2, 0.25) is 0 Å². The molecule has 1 aromatic carbocycles. The van der Waals surface area contributed by atoms with Crippen molar-refractivity contribution in [1.82, 2.24) is 0 Å². The van der Waals surface area contributed by atoms with Crippen molar-refractivity contribution in [2.45, 2.75) is 25.9 Å². The minimum atomic E-state index is -0.553. The van der Waals surface area contributed by atoms with Gasteiger partial charge < -0.3 is 9.84 Å². The predicted molar refractivity (Wildman–Crippen MR) is 66.6 cm³/mol. The van der Waals surface area contributed by atoms with Crippen molar-refractivity contribution in [3.8, 4) is 0 Å². The SMILES string of the molecule is CCOC(=O)/C=C/[C@@H](c1ccccc1)[C@H](C)O. The van der Waals surface area contributed by atoms with Crippen LogP contribution < -0.4 is 0 Å². The van der Waals surface area contributed by atoms with Crippen molar-refractivity contribution in [2.24, 2.45) is 0 Å². The fourth-order valence-electron chi connectivity index (χ4n) is 1.60. The number of ether oxygens (including phenoxy) is 1. The quantitative estimate of drug-likeness (QED) is 0.628. The van der Waals surface area contributed by atoms with Crippen LogP contribution >= 0.6 is 0 Å². The number of aliphatic hydroxyl groups excluding tert-OH is 1. The molecule has 1 N–H and O–H groups in total. The van der Waals surface area contributed by atoms with Crippen LogP contribution in [-0.2, 0) is 9.53 Å². The number of carbonyl (C=O) groups is 1. The van der Waals surface area contributed by atoms with Crippen LogP contribution in [0.25, 0.3) is 0 Å². The Morgan fingerprint density at radius 3 is 2.59 bits per heavy atom. The van der Waals surface area contributed by atoms with Gasteiger partial charge >= 0.3 is 5.97 Å². The maximum Gasteiger partial charge on any atom is 0.330 e. The van der Waals surface area contributed by atoms with Crippen LogP contribution in [0, 0.1) is 0 Å². The fourth-order valence-corrected chi connectivity index (χ4v) is 1.60. The maximum atomic E-state index is 11.2. The summed E-state index contributed by atoms with van der Waals surface area (Å²) < 4.78 is 4.80. The average molecular weight is 234 g/mol. The molecule has 0 aliphatic heterocycles. The zero-order valence-electron chi connectivity index (χ0n) is 10.2. The highest BCUT2D eigenvalue weighted by Crippen LogP contribution is 2.21. The van der Waals surface area contributed by atoms with Gasteiger partial charge in [0.1, 0.15) is 0 Å². The lowest BCUT2D eigenvalue weighted by Crippen LogP contribution is -2.13. The molecular formula is C14H18O3. The molecule has 0 spiro atoms. The summed E-state index contributed by atoms with van der Waals surface area (Å²) in [6, 6.07) is 9.57. The number of rotatable bonds is 5. The molecule has 0 amide bonds. The van der Waals surface area contributed by atoms with Gasteiger partial charge in [-0.25, -0.2) is 4.79 Å². The topological polar surface area (TPSA) is 46.5 Å². The molecule has 0 aliphatic carbocycles. The maximum absolute atomic E-state index is 11.2. The highest BCUT2D eigenvalue weighted by Gasteiger charge is 2.14. The molecule has 1 aromatic rings. The number of hydrogen-bond acceptors (Lipinski definition) is 3. The standard InChI is InChI=1S/C14H18O3/c1-3-17-14(16)10-9-13(11(2)15)12-7-5-4-6-8-12/h4-11,13,15H,3H2,1-2H3/b10-9+/t11-,13+/m0/s1. The number of esters is 1. The highest BCUT2D eigenvalue weighted by atomic mass is 16.5. The third kappa shape index (κ3) is 4.41. The van der Waals surface area contributed by atoms with Crippen LogP contribution in [0.15, 0.2) is 42.5 Å². The van der Waals surface area contributed by atoms with Gasteiger partial charge in [0.25, 0.3) is 0 Å². The molecule has 0 saturated carbocycles. The van der Waals surface area contributed by atoms with Crippen molar-refractivity contribution in [1.29, 1.82) is 0 Å². The van der Waals surface area contributed by atoms with E-state index >= 15 is 0 Å². The van der Waals surface area contributed by atoms with E-state index in [2.05, 4.69) is 0 Å². The Kier molecular flexibility index (Phi) is 5.43. The average Bonchev–Trinajstić information content (AvgIpc) is 2.30. The Labute approximate surface area is 102 Å². The fraction of sp³-hybridized carbons (Fsp3) is 0.357. The monoisotopic (exact) mass is 234 g/mol. The zero-order chi connectivity index (χ0) is 12.7. The van der Waals surface area contributed by atoms with E-state index in [-0.39, 0.29) is 11.9 Å². The van der Waals surface area contributed by atoms with E-state index in [0.717, 1.165) is 5.56 Å². The molecule has 3 nitrogen and oxygen atoms in total. The summed E-state index contributed by atoms with van der Waals surface area (Å²) in [5.74, 6) is -0.574. The van der Waals surface area contributed by atoms with E-state index < -0.39 is 6.10 Å². The van der Waals surface area contributed by atoms with Gasteiger partial charge in [0.15, 0.2) is 0 Å². The second kappa shape index (κ2) is 6.86. The molecule has 2 atom stereocenters. The van der Waals surface area contributed by atoms with E-state index in [0.29, 0.717) is 6.61 Å². The molecule has 17 heavy (non-hydrogen) atoms. The van der Waals surface area contributed by atoms with Crippen molar-refractivity contribution in [2.75, 3.05) is 6.61 Å². The van der Waals surface area contributed by atoms with Crippen molar-refractivity contribution in [3.05, 3.63) is 48.0 Å². The zero-order valence-corrected chi connectivity index (χ0v) is 10.2. The summed E-state index contributed by atoms with van der Waals surface area (Å²) in [6.45, 7) is 3.82. The van der Waals surface area contributed by atoms with Crippen LogP contribution in [0.2, 0.25) is 0 Å². The summed E-state index contributed by atoms with van der Waals surface area (Å²) in [6.07, 6.45) is 2.49. The molecule has 92 valence electrons. The molecule has 0 bridgehead atoms. The number of carbonyl (C=O) groups excluding carboxylic acids is 1. The van der Waals surface area contributed by atoms with E-state index in [4.69, 9.17) is 4.74 Å². The van der Waals surface area contributed by atoms with Gasteiger partial charge in [-0.1, -0.05) is 36.4 Å². The molecule has 0 aliphatic rings. The van der Waals surface area contributed by atoms with Gasteiger partial charge in [-0.15, -0.1) is 0 Å². The third-order valence-electron chi connectivity index (χ3n) is 2.43. The Bertz CT molecular complexity index is 368. The van der Waals surface area contributed by atoms with Crippen LogP contribution in [0.4, 0.5) is 0 Å². The van der Waals surface area contributed by atoms with Gasteiger partial charge in [0, 0.05) is 12.0 Å². The Hall–Kier alpha value is -1.61. The molecule has 3 heteroatoms. The first-order valence-electron chi connectivity index (χ1n) is 5.73. The molecule has 0 heterocycles. The normalized spacial score (nSPS) is 14.5. The molecule has 0 unspecified atom stereocenters. The van der Waals surface area contributed by atoms with Crippen molar-refractivity contribution >= 4 is 5.97 Å². The first-order valence-corrected chi connectivity index (χ1v) is 5.73. The van der Waals surface area contributed by atoms with Crippen LogP contribution in [0.3, 0.4) is 0 Å². The van der Waals surface area contributed by atoms with Crippen LogP contribution in [0.5, 0.6) is 0 Å². The van der Waals surface area contributed by atoms with E-state index in [1.54, 1.807) is 19.9 Å². The number of aliphatic hydroxyl groups is 1. The summed E-state index contributed by atoms with van der Waals surface area (Å²) in [5, 5.41) is 9.70.